The molecule has 0 atom stereocenters. The van der Waals surface area contributed by atoms with Gasteiger partial charge >= 0.3 is 0 Å². The molecule has 4 nitrogen and oxygen atoms in total. The van der Waals surface area contributed by atoms with E-state index in [9.17, 15) is 9.59 Å². The third kappa shape index (κ3) is 3.48. The molecule has 150 valence electrons. The molecule has 29 heavy (non-hydrogen) atoms. The number of hydrogen-bond acceptors (Lipinski definition) is 3. The third-order valence-corrected chi connectivity index (χ3v) is 6.12. The number of unbranched alkanes of at least 4 members (excludes halogenated alkanes) is 1. The highest BCUT2D eigenvalue weighted by molar-refractivity contribution is 6.35. The normalized spacial score (nSPS) is 16.7. The highest BCUT2D eigenvalue weighted by Crippen LogP contribution is 2.35. The highest BCUT2D eigenvalue weighted by Gasteiger charge is 2.41. The minimum Gasteiger partial charge on any atom is -0.362 e. The van der Waals surface area contributed by atoms with Crippen LogP contribution in [-0.2, 0) is 22.6 Å². The molecule has 0 fully saturated rings. The lowest BCUT2D eigenvalue weighted by Crippen LogP contribution is -2.37. The second kappa shape index (κ2) is 7.86. The first-order chi connectivity index (χ1) is 14.0. The maximum atomic E-state index is 13.4. The van der Waals surface area contributed by atoms with Gasteiger partial charge in [0, 0.05) is 19.6 Å². The fourth-order valence-corrected chi connectivity index (χ4v) is 4.22. The number of fused-ring (bicyclic) bond motifs is 1. The SMILES string of the molecule is CCCCN1C(=O)C(c2ccc(C)c(C)c2)=C(N2CCc3ccccc3C2)C1=O. The molecule has 2 aromatic rings. The number of hydrogen-bond donors (Lipinski definition) is 0. The van der Waals surface area contributed by atoms with E-state index in [1.807, 2.05) is 31.2 Å². The number of carbonyl (C=O) groups excluding carboxylic acids is 2. The Kier molecular flexibility index (Phi) is 5.27. The smallest absolute Gasteiger partial charge is 0.277 e. The summed E-state index contributed by atoms with van der Waals surface area (Å²) in [6.45, 7) is 8.08. The van der Waals surface area contributed by atoms with E-state index >= 15 is 0 Å². The molecule has 2 aliphatic heterocycles. The molecule has 0 aromatic heterocycles. The summed E-state index contributed by atoms with van der Waals surface area (Å²) in [6.07, 6.45) is 2.66. The lowest BCUT2D eigenvalue weighted by atomic mass is 9.96. The van der Waals surface area contributed by atoms with Gasteiger partial charge in [-0.1, -0.05) is 55.8 Å². The minimum absolute atomic E-state index is 0.143. The minimum atomic E-state index is -0.152. The van der Waals surface area contributed by atoms with Crippen LogP contribution in [-0.4, -0.2) is 34.7 Å². The van der Waals surface area contributed by atoms with Gasteiger partial charge in [0.2, 0.25) is 0 Å². The van der Waals surface area contributed by atoms with Crippen LogP contribution in [0.4, 0.5) is 0 Å². The average molecular weight is 389 g/mol. The lowest BCUT2D eigenvalue weighted by Gasteiger charge is -2.31. The molecule has 2 aliphatic rings. The van der Waals surface area contributed by atoms with Gasteiger partial charge < -0.3 is 4.90 Å². The van der Waals surface area contributed by atoms with E-state index in [0.29, 0.717) is 24.4 Å². The molecule has 0 bridgehead atoms. The molecule has 0 saturated heterocycles. The zero-order valence-corrected chi connectivity index (χ0v) is 17.5. The van der Waals surface area contributed by atoms with Crippen LogP contribution in [0.15, 0.2) is 48.2 Å². The molecule has 0 spiro atoms. The Labute approximate surface area is 172 Å². The van der Waals surface area contributed by atoms with E-state index in [4.69, 9.17) is 0 Å². The van der Waals surface area contributed by atoms with Crippen molar-refractivity contribution in [2.24, 2.45) is 0 Å². The molecule has 2 heterocycles. The van der Waals surface area contributed by atoms with Crippen LogP contribution in [0.25, 0.3) is 5.57 Å². The fraction of sp³-hybridized carbons (Fsp3) is 0.360. The quantitative estimate of drug-likeness (QED) is 0.720. The number of nitrogens with zero attached hydrogens (tertiary/aromatic N) is 2. The van der Waals surface area contributed by atoms with Gasteiger partial charge in [0.25, 0.3) is 11.8 Å². The van der Waals surface area contributed by atoms with Gasteiger partial charge in [-0.2, -0.15) is 0 Å². The second-order valence-electron chi connectivity index (χ2n) is 8.08. The van der Waals surface area contributed by atoms with E-state index in [1.165, 1.54) is 21.6 Å². The highest BCUT2D eigenvalue weighted by atomic mass is 16.2. The molecule has 2 amide bonds. The van der Waals surface area contributed by atoms with Crippen molar-refractivity contribution in [3.05, 3.63) is 76.0 Å². The molecule has 0 radical (unpaired) electrons. The fourth-order valence-electron chi connectivity index (χ4n) is 4.22. The Morgan fingerprint density at radius 3 is 2.41 bits per heavy atom. The zero-order valence-electron chi connectivity index (χ0n) is 17.5. The summed E-state index contributed by atoms with van der Waals surface area (Å²) in [6, 6.07) is 14.4. The Hall–Kier alpha value is -2.88. The molecule has 0 saturated carbocycles. The average Bonchev–Trinajstić information content (AvgIpc) is 2.98. The summed E-state index contributed by atoms with van der Waals surface area (Å²) in [5.41, 5.74) is 6.86. The van der Waals surface area contributed by atoms with Crippen LogP contribution in [0.3, 0.4) is 0 Å². The molecule has 0 N–H and O–H groups in total. The van der Waals surface area contributed by atoms with Crippen molar-refractivity contribution >= 4 is 17.4 Å². The Bertz CT molecular complexity index is 1010. The monoisotopic (exact) mass is 388 g/mol. The van der Waals surface area contributed by atoms with Gasteiger partial charge in [0.15, 0.2) is 0 Å². The molecule has 2 aromatic carbocycles. The van der Waals surface area contributed by atoms with Gasteiger partial charge in [-0.05, 0) is 54.5 Å². The van der Waals surface area contributed by atoms with Crippen LogP contribution in [0.5, 0.6) is 0 Å². The summed E-state index contributed by atoms with van der Waals surface area (Å²) in [7, 11) is 0. The predicted octanol–water partition coefficient (Wildman–Crippen LogP) is 4.24. The van der Waals surface area contributed by atoms with Gasteiger partial charge in [-0.25, -0.2) is 0 Å². The van der Waals surface area contributed by atoms with E-state index in [2.05, 4.69) is 36.9 Å². The first-order valence-electron chi connectivity index (χ1n) is 10.5. The van der Waals surface area contributed by atoms with Gasteiger partial charge in [0.05, 0.1) is 5.57 Å². The summed E-state index contributed by atoms with van der Waals surface area (Å²) in [4.78, 5) is 30.3. The van der Waals surface area contributed by atoms with E-state index < -0.39 is 0 Å². The van der Waals surface area contributed by atoms with Crippen molar-refractivity contribution in [2.75, 3.05) is 13.1 Å². The molecule has 4 heteroatoms. The molecule has 0 aliphatic carbocycles. The first kappa shape index (κ1) is 19.4. The molecule has 4 rings (SSSR count). The number of aryl methyl sites for hydroxylation is 2. The van der Waals surface area contributed by atoms with Crippen LogP contribution in [0, 0.1) is 13.8 Å². The molecule has 0 unspecified atom stereocenters. The third-order valence-electron chi connectivity index (χ3n) is 6.12. The summed E-state index contributed by atoms with van der Waals surface area (Å²) in [5.74, 6) is -0.295. The maximum Gasteiger partial charge on any atom is 0.277 e. The zero-order chi connectivity index (χ0) is 20.5. The number of rotatable bonds is 5. The van der Waals surface area contributed by atoms with Crippen LogP contribution in [0.2, 0.25) is 0 Å². The van der Waals surface area contributed by atoms with Crippen molar-refractivity contribution in [3.63, 3.8) is 0 Å². The maximum absolute atomic E-state index is 13.4. The number of carbonyl (C=O) groups is 2. The van der Waals surface area contributed by atoms with E-state index in [1.54, 1.807) is 0 Å². The lowest BCUT2D eigenvalue weighted by molar-refractivity contribution is -0.137. The summed E-state index contributed by atoms with van der Waals surface area (Å²) in [5, 5.41) is 0. The number of imide groups is 1. The number of amides is 2. The van der Waals surface area contributed by atoms with Gasteiger partial charge in [0.1, 0.15) is 5.70 Å². The van der Waals surface area contributed by atoms with Crippen LogP contribution < -0.4 is 0 Å². The van der Waals surface area contributed by atoms with Crippen molar-refractivity contribution in [1.82, 2.24) is 9.80 Å². The van der Waals surface area contributed by atoms with E-state index in [0.717, 1.165) is 36.9 Å². The summed E-state index contributed by atoms with van der Waals surface area (Å²) >= 11 is 0. The van der Waals surface area contributed by atoms with Crippen molar-refractivity contribution in [3.8, 4) is 0 Å². The predicted molar refractivity (Wildman–Crippen MR) is 115 cm³/mol. The van der Waals surface area contributed by atoms with Crippen LogP contribution in [0.1, 0.15) is 47.6 Å². The van der Waals surface area contributed by atoms with Gasteiger partial charge in [-0.15, -0.1) is 0 Å². The Morgan fingerprint density at radius 1 is 0.931 bits per heavy atom. The number of benzene rings is 2. The second-order valence-corrected chi connectivity index (χ2v) is 8.08. The van der Waals surface area contributed by atoms with Crippen LogP contribution >= 0.6 is 0 Å². The Morgan fingerprint density at radius 2 is 1.69 bits per heavy atom. The largest absolute Gasteiger partial charge is 0.362 e. The Balaban J connectivity index is 1.78. The topological polar surface area (TPSA) is 40.6 Å². The van der Waals surface area contributed by atoms with E-state index in [-0.39, 0.29) is 11.8 Å². The van der Waals surface area contributed by atoms with Crippen molar-refractivity contribution in [1.29, 1.82) is 0 Å². The van der Waals surface area contributed by atoms with Crippen molar-refractivity contribution in [2.45, 2.75) is 46.6 Å². The summed E-state index contributed by atoms with van der Waals surface area (Å²) < 4.78 is 0. The molecular formula is C25H28N2O2. The van der Waals surface area contributed by atoms with Crippen molar-refractivity contribution < 1.29 is 9.59 Å². The molecular weight excluding hydrogens is 360 g/mol. The first-order valence-corrected chi connectivity index (χ1v) is 10.5. The van der Waals surface area contributed by atoms with Gasteiger partial charge in [-0.3, -0.25) is 14.5 Å². The standard InChI is InChI=1S/C25H28N2O2/c1-4-5-13-27-24(28)22(20-11-10-17(2)18(3)15-20)23(25(27)29)26-14-12-19-8-6-7-9-21(19)16-26/h6-11,15H,4-5,12-14,16H2,1-3H3.